The zero-order valence-corrected chi connectivity index (χ0v) is 18.2. The molecule has 1 aliphatic carbocycles. The monoisotopic (exact) mass is 440 g/mol. The second kappa shape index (κ2) is 8.48. The van der Waals surface area contributed by atoms with E-state index in [2.05, 4.69) is 46.0 Å². The standard InChI is InChI=1S/C23H26ClFN6/c1-14(15-5-6-15)27-22-17-3-2-4-20(31-11-9-26-10-12-31)21(17)29-23(30-22)28-16-7-8-19(25)18(24)13-16/h2-4,7-8,13-15,26H,5-6,9-12H2,1H3,(H2,27,28,29,30). The Kier molecular flexibility index (Phi) is 5.54. The lowest BCUT2D eigenvalue weighted by molar-refractivity contribution is 0.590. The van der Waals surface area contributed by atoms with Crippen LogP contribution in [0.4, 0.5) is 27.5 Å². The van der Waals surface area contributed by atoms with Gasteiger partial charge in [0.05, 0.1) is 10.7 Å². The van der Waals surface area contributed by atoms with Crippen molar-refractivity contribution in [3.8, 4) is 0 Å². The quantitative estimate of drug-likeness (QED) is 0.512. The fourth-order valence-electron chi connectivity index (χ4n) is 4.10. The van der Waals surface area contributed by atoms with Crippen molar-refractivity contribution in [2.24, 2.45) is 5.92 Å². The Morgan fingerprint density at radius 1 is 1.16 bits per heavy atom. The highest BCUT2D eigenvalue weighted by Crippen LogP contribution is 2.36. The van der Waals surface area contributed by atoms with Crippen molar-refractivity contribution in [2.45, 2.75) is 25.8 Å². The molecular formula is C23H26ClFN6. The maximum absolute atomic E-state index is 13.6. The van der Waals surface area contributed by atoms with Crippen molar-refractivity contribution in [1.82, 2.24) is 15.3 Å². The number of anilines is 4. The molecule has 162 valence electrons. The fraction of sp³-hybridized carbons (Fsp3) is 0.391. The number of piperazine rings is 1. The summed E-state index contributed by atoms with van der Waals surface area (Å²) in [5, 5.41) is 11.3. The first-order valence-corrected chi connectivity index (χ1v) is 11.2. The molecular weight excluding hydrogens is 415 g/mol. The SMILES string of the molecule is CC(Nc1nc(Nc2ccc(F)c(Cl)c2)nc2c(N3CCNCC3)cccc12)C1CC1. The van der Waals surface area contributed by atoms with Crippen LogP contribution >= 0.6 is 11.6 Å². The zero-order chi connectivity index (χ0) is 21.4. The molecule has 3 N–H and O–H groups in total. The van der Waals surface area contributed by atoms with E-state index in [1.54, 1.807) is 12.1 Å². The molecule has 3 aromatic rings. The summed E-state index contributed by atoms with van der Waals surface area (Å²) < 4.78 is 13.6. The number of benzene rings is 2. The molecule has 1 aromatic heterocycles. The summed E-state index contributed by atoms with van der Waals surface area (Å²) in [5.74, 6) is 1.52. The molecule has 1 aliphatic heterocycles. The topological polar surface area (TPSA) is 65.1 Å². The first-order valence-electron chi connectivity index (χ1n) is 10.8. The van der Waals surface area contributed by atoms with Crippen molar-refractivity contribution in [3.05, 3.63) is 47.2 Å². The molecule has 31 heavy (non-hydrogen) atoms. The van der Waals surface area contributed by atoms with Crippen LogP contribution in [0.1, 0.15) is 19.8 Å². The summed E-state index contributed by atoms with van der Waals surface area (Å²) in [6, 6.07) is 11.1. The number of halogens is 2. The normalized spacial score (nSPS) is 17.6. The molecule has 2 aromatic carbocycles. The minimum absolute atomic E-state index is 0.0630. The largest absolute Gasteiger partial charge is 0.367 e. The smallest absolute Gasteiger partial charge is 0.229 e. The minimum Gasteiger partial charge on any atom is -0.367 e. The second-order valence-corrected chi connectivity index (χ2v) is 8.74. The Hall–Kier alpha value is -2.64. The molecule has 2 fully saturated rings. The van der Waals surface area contributed by atoms with Crippen molar-refractivity contribution in [3.63, 3.8) is 0 Å². The van der Waals surface area contributed by atoms with Crippen molar-refractivity contribution >= 4 is 45.6 Å². The second-order valence-electron chi connectivity index (χ2n) is 8.33. The van der Waals surface area contributed by atoms with Gasteiger partial charge in [-0.2, -0.15) is 4.98 Å². The van der Waals surface area contributed by atoms with Gasteiger partial charge in [0.25, 0.3) is 0 Å². The number of rotatable bonds is 6. The van der Waals surface area contributed by atoms with Crippen LogP contribution in [0.3, 0.4) is 0 Å². The Balaban J connectivity index is 1.57. The lowest BCUT2D eigenvalue weighted by Gasteiger charge is -2.30. The fourth-order valence-corrected chi connectivity index (χ4v) is 4.28. The Labute approximate surface area is 186 Å². The Bertz CT molecular complexity index is 1100. The number of hydrogen-bond acceptors (Lipinski definition) is 6. The van der Waals surface area contributed by atoms with Gasteiger partial charge < -0.3 is 20.9 Å². The molecule has 6 nitrogen and oxygen atoms in total. The van der Waals surface area contributed by atoms with E-state index in [1.807, 2.05) is 0 Å². The summed E-state index contributed by atoms with van der Waals surface area (Å²) in [5.41, 5.74) is 2.65. The first kappa shape index (κ1) is 20.3. The molecule has 0 spiro atoms. The van der Waals surface area contributed by atoms with Crippen LogP contribution in [0.15, 0.2) is 36.4 Å². The number of para-hydroxylation sites is 1. The molecule has 0 amide bonds. The predicted molar refractivity (Wildman–Crippen MR) is 125 cm³/mol. The molecule has 5 rings (SSSR count). The van der Waals surface area contributed by atoms with Gasteiger partial charge in [0.15, 0.2) is 0 Å². The van der Waals surface area contributed by atoms with Crippen LogP contribution in [0.25, 0.3) is 10.9 Å². The van der Waals surface area contributed by atoms with Gasteiger partial charge >= 0.3 is 0 Å². The predicted octanol–water partition coefficient (Wildman–Crippen LogP) is 4.79. The number of aromatic nitrogens is 2. The molecule has 1 saturated carbocycles. The Morgan fingerprint density at radius 3 is 2.71 bits per heavy atom. The highest BCUT2D eigenvalue weighted by atomic mass is 35.5. The molecule has 0 radical (unpaired) electrons. The average Bonchev–Trinajstić information content (AvgIpc) is 3.62. The lowest BCUT2D eigenvalue weighted by Crippen LogP contribution is -2.43. The van der Waals surface area contributed by atoms with Gasteiger partial charge in [-0.15, -0.1) is 0 Å². The zero-order valence-electron chi connectivity index (χ0n) is 17.5. The van der Waals surface area contributed by atoms with Crippen molar-refractivity contribution in [1.29, 1.82) is 0 Å². The summed E-state index contributed by atoms with van der Waals surface area (Å²) in [6.45, 7) is 5.97. The maximum Gasteiger partial charge on any atom is 0.229 e. The van der Waals surface area contributed by atoms with Gasteiger partial charge in [-0.05, 0) is 56.0 Å². The molecule has 1 unspecified atom stereocenters. The summed E-state index contributed by atoms with van der Waals surface area (Å²) in [4.78, 5) is 12.0. The Morgan fingerprint density at radius 2 is 1.97 bits per heavy atom. The van der Waals surface area contributed by atoms with E-state index in [9.17, 15) is 4.39 Å². The molecule has 8 heteroatoms. The lowest BCUT2D eigenvalue weighted by atomic mass is 10.1. The molecule has 2 heterocycles. The van der Waals surface area contributed by atoms with Gasteiger partial charge in [-0.1, -0.05) is 17.7 Å². The third kappa shape index (κ3) is 4.38. The number of hydrogen-bond donors (Lipinski definition) is 3. The molecule has 1 atom stereocenters. The molecule has 2 aliphatic rings. The number of nitrogens with one attached hydrogen (secondary N) is 3. The first-order chi connectivity index (χ1) is 15.1. The van der Waals surface area contributed by atoms with E-state index in [0.29, 0.717) is 23.6 Å². The van der Waals surface area contributed by atoms with E-state index < -0.39 is 5.82 Å². The third-order valence-corrected chi connectivity index (χ3v) is 6.32. The van der Waals surface area contributed by atoms with Gasteiger partial charge in [0, 0.05) is 43.3 Å². The minimum atomic E-state index is -0.451. The summed E-state index contributed by atoms with van der Waals surface area (Å²) in [6.07, 6.45) is 2.50. The highest BCUT2D eigenvalue weighted by Gasteiger charge is 2.29. The van der Waals surface area contributed by atoms with Crippen LogP contribution < -0.4 is 20.9 Å². The third-order valence-electron chi connectivity index (χ3n) is 6.03. The van der Waals surface area contributed by atoms with E-state index in [0.717, 1.165) is 48.6 Å². The van der Waals surface area contributed by atoms with Crippen LogP contribution in [-0.2, 0) is 0 Å². The van der Waals surface area contributed by atoms with E-state index in [1.165, 1.54) is 18.9 Å². The summed E-state index contributed by atoms with van der Waals surface area (Å²) >= 11 is 5.96. The van der Waals surface area contributed by atoms with E-state index >= 15 is 0 Å². The van der Waals surface area contributed by atoms with Gasteiger partial charge in [-0.3, -0.25) is 0 Å². The maximum atomic E-state index is 13.6. The van der Waals surface area contributed by atoms with Gasteiger partial charge in [-0.25, -0.2) is 9.37 Å². The average molecular weight is 441 g/mol. The van der Waals surface area contributed by atoms with Crippen molar-refractivity contribution in [2.75, 3.05) is 41.7 Å². The van der Waals surface area contributed by atoms with E-state index in [4.69, 9.17) is 21.6 Å². The van der Waals surface area contributed by atoms with E-state index in [-0.39, 0.29) is 5.02 Å². The van der Waals surface area contributed by atoms with Crippen LogP contribution in [0, 0.1) is 11.7 Å². The van der Waals surface area contributed by atoms with Gasteiger partial charge in [0.1, 0.15) is 17.2 Å². The number of fused-ring (bicyclic) bond motifs is 1. The van der Waals surface area contributed by atoms with Crippen LogP contribution in [-0.4, -0.2) is 42.2 Å². The van der Waals surface area contributed by atoms with Crippen LogP contribution in [0.5, 0.6) is 0 Å². The number of nitrogens with zero attached hydrogens (tertiary/aromatic N) is 3. The van der Waals surface area contributed by atoms with Crippen LogP contribution in [0.2, 0.25) is 5.02 Å². The summed E-state index contributed by atoms with van der Waals surface area (Å²) in [7, 11) is 0. The van der Waals surface area contributed by atoms with Gasteiger partial charge in [0.2, 0.25) is 5.95 Å². The molecule has 0 bridgehead atoms. The van der Waals surface area contributed by atoms with Crippen molar-refractivity contribution < 1.29 is 4.39 Å². The molecule has 1 saturated heterocycles. The highest BCUT2D eigenvalue weighted by molar-refractivity contribution is 6.31.